The van der Waals surface area contributed by atoms with E-state index in [2.05, 4.69) is 15.6 Å². The average molecular weight is 437 g/mol. The second kappa shape index (κ2) is 9.02. The molecular weight excluding hydrogens is 420 g/mol. The van der Waals surface area contributed by atoms with E-state index in [1.54, 1.807) is 42.6 Å². The molecule has 2 aromatic heterocycles. The van der Waals surface area contributed by atoms with E-state index in [0.717, 1.165) is 4.90 Å². The smallest absolute Gasteiger partial charge is 0.307 e. The lowest BCUT2D eigenvalue weighted by Crippen LogP contribution is -2.20. The van der Waals surface area contributed by atoms with Gasteiger partial charge in [-0.3, -0.25) is 9.20 Å². The molecule has 2 N–H and O–H groups in total. The van der Waals surface area contributed by atoms with E-state index in [-0.39, 0.29) is 5.56 Å². The summed E-state index contributed by atoms with van der Waals surface area (Å²) in [5.41, 5.74) is 2.34. The number of pyridine rings is 1. The van der Waals surface area contributed by atoms with Crippen molar-refractivity contribution >= 4 is 46.4 Å². The molecule has 0 fully saturated rings. The second-order valence-electron chi connectivity index (χ2n) is 6.36. The van der Waals surface area contributed by atoms with Gasteiger partial charge in [0.1, 0.15) is 5.65 Å². The highest BCUT2D eigenvalue weighted by atomic mass is 35.5. The van der Waals surface area contributed by atoms with Crippen LogP contribution in [0.25, 0.3) is 5.65 Å². The van der Waals surface area contributed by atoms with Crippen molar-refractivity contribution in [1.82, 2.24) is 9.38 Å². The van der Waals surface area contributed by atoms with E-state index in [1.165, 1.54) is 22.2 Å². The third kappa shape index (κ3) is 4.64. The maximum atomic E-state index is 12.4. The third-order valence-electron chi connectivity index (χ3n) is 4.26. The minimum Gasteiger partial charge on any atom is -0.307 e. The van der Waals surface area contributed by atoms with Gasteiger partial charge in [-0.15, -0.1) is 11.8 Å². The molecule has 0 spiro atoms. The van der Waals surface area contributed by atoms with Crippen LogP contribution in [0, 0.1) is 0 Å². The Bertz CT molecular complexity index is 1280. The minimum atomic E-state index is -0.391. The Kier molecular flexibility index (Phi) is 6.02. The van der Waals surface area contributed by atoms with Gasteiger partial charge in [0.2, 0.25) is 0 Å². The van der Waals surface area contributed by atoms with Crippen LogP contribution >= 0.6 is 23.4 Å². The second-order valence-corrected chi connectivity index (χ2v) is 7.78. The number of halogens is 1. The number of thioether (sulfide) groups is 1. The number of nitrogens with zero attached hydrogens (tertiary/aromatic N) is 2. The predicted molar refractivity (Wildman–Crippen MR) is 122 cm³/mol. The van der Waals surface area contributed by atoms with Gasteiger partial charge in [-0.1, -0.05) is 41.9 Å². The van der Waals surface area contributed by atoms with Crippen molar-refractivity contribution in [1.29, 1.82) is 0 Å². The van der Waals surface area contributed by atoms with Crippen LogP contribution in [0.5, 0.6) is 0 Å². The topological polar surface area (TPSA) is 75.5 Å². The highest BCUT2D eigenvalue weighted by Gasteiger charge is 2.10. The fourth-order valence-electron chi connectivity index (χ4n) is 2.86. The zero-order valence-electron chi connectivity index (χ0n) is 15.7. The Hall–Kier alpha value is -3.29. The number of amides is 2. The molecule has 0 bridgehead atoms. The lowest BCUT2D eigenvalue weighted by molar-refractivity contribution is 0.262. The number of benzene rings is 2. The van der Waals surface area contributed by atoms with Crippen molar-refractivity contribution < 1.29 is 4.79 Å². The predicted octanol–water partition coefficient (Wildman–Crippen LogP) is 5.28. The molecule has 0 aliphatic heterocycles. The van der Waals surface area contributed by atoms with Gasteiger partial charge in [0, 0.05) is 22.9 Å². The zero-order valence-corrected chi connectivity index (χ0v) is 17.3. The molecule has 0 saturated carbocycles. The molecule has 150 valence electrons. The van der Waals surface area contributed by atoms with Crippen LogP contribution in [0.2, 0.25) is 5.02 Å². The number of hydrogen-bond acceptors (Lipinski definition) is 4. The molecule has 2 heterocycles. The first kappa shape index (κ1) is 20.0. The molecule has 8 heteroatoms. The van der Waals surface area contributed by atoms with Crippen molar-refractivity contribution in [2.24, 2.45) is 0 Å². The van der Waals surface area contributed by atoms with Crippen molar-refractivity contribution in [2.75, 3.05) is 10.6 Å². The van der Waals surface area contributed by atoms with Crippen LogP contribution in [0.3, 0.4) is 0 Å². The summed E-state index contributed by atoms with van der Waals surface area (Å²) in [5.74, 6) is 0.492. The SMILES string of the molecule is O=C(Nc1ccccc1Cl)Nc1ccccc1SCc1cc(=O)n2ccccc2n1. The molecule has 30 heavy (non-hydrogen) atoms. The Morgan fingerprint density at radius 3 is 2.50 bits per heavy atom. The first-order chi connectivity index (χ1) is 14.6. The largest absolute Gasteiger partial charge is 0.323 e. The maximum absolute atomic E-state index is 12.4. The van der Waals surface area contributed by atoms with Gasteiger partial charge in [0.15, 0.2) is 0 Å². The fourth-order valence-corrected chi connectivity index (χ4v) is 3.95. The number of carbonyl (C=O) groups is 1. The lowest BCUT2D eigenvalue weighted by atomic mass is 10.3. The van der Waals surface area contributed by atoms with Crippen LogP contribution in [-0.2, 0) is 5.75 Å². The van der Waals surface area contributed by atoms with Crippen LogP contribution < -0.4 is 16.2 Å². The quantitative estimate of drug-likeness (QED) is 0.417. The normalized spacial score (nSPS) is 10.7. The van der Waals surface area contributed by atoms with Gasteiger partial charge >= 0.3 is 6.03 Å². The Morgan fingerprint density at radius 2 is 1.67 bits per heavy atom. The number of para-hydroxylation sites is 2. The zero-order chi connectivity index (χ0) is 20.9. The van der Waals surface area contributed by atoms with Crippen LogP contribution in [-0.4, -0.2) is 15.4 Å². The van der Waals surface area contributed by atoms with E-state index in [0.29, 0.717) is 33.5 Å². The summed E-state index contributed by atoms with van der Waals surface area (Å²) < 4.78 is 1.50. The minimum absolute atomic E-state index is 0.123. The number of hydrogen-bond donors (Lipinski definition) is 2. The Labute approximate surface area is 181 Å². The summed E-state index contributed by atoms with van der Waals surface area (Å²) in [6.45, 7) is 0. The number of aromatic nitrogens is 2. The van der Waals surface area contributed by atoms with E-state index >= 15 is 0 Å². The van der Waals surface area contributed by atoms with Crippen molar-refractivity contribution in [3.63, 3.8) is 0 Å². The molecule has 4 rings (SSSR count). The van der Waals surface area contributed by atoms with Gasteiger partial charge in [-0.05, 0) is 36.4 Å². The molecule has 2 aromatic carbocycles. The summed E-state index contributed by atoms with van der Waals surface area (Å²) >= 11 is 7.58. The van der Waals surface area contributed by atoms with Crippen molar-refractivity contribution in [3.8, 4) is 0 Å². The average Bonchev–Trinajstić information content (AvgIpc) is 2.75. The standard InChI is InChI=1S/C22H17ClN4O2S/c23-16-7-1-2-8-17(16)25-22(29)26-18-9-3-4-10-19(18)30-14-15-13-21(28)27-12-6-5-11-20(27)24-15/h1-13H,14H2,(H2,25,26,29). The molecule has 4 aromatic rings. The van der Waals surface area contributed by atoms with Gasteiger partial charge < -0.3 is 10.6 Å². The fraction of sp³-hybridized carbons (Fsp3) is 0.0455. The number of rotatable bonds is 5. The first-order valence-electron chi connectivity index (χ1n) is 9.12. The molecule has 6 nitrogen and oxygen atoms in total. The Balaban J connectivity index is 1.48. The molecule has 2 amide bonds. The highest BCUT2D eigenvalue weighted by molar-refractivity contribution is 7.98. The Morgan fingerprint density at radius 1 is 0.967 bits per heavy atom. The van der Waals surface area contributed by atoms with Gasteiger partial charge in [-0.2, -0.15) is 0 Å². The molecule has 0 unspecified atom stereocenters. The van der Waals surface area contributed by atoms with Gasteiger partial charge in [-0.25, -0.2) is 9.78 Å². The number of anilines is 2. The number of fused-ring (bicyclic) bond motifs is 1. The number of urea groups is 1. The molecule has 0 saturated heterocycles. The summed E-state index contributed by atoms with van der Waals surface area (Å²) in [6, 6.07) is 21.1. The molecule has 0 radical (unpaired) electrons. The number of carbonyl (C=O) groups excluding carboxylic acids is 1. The van der Waals surface area contributed by atoms with Gasteiger partial charge in [0.05, 0.1) is 22.1 Å². The van der Waals surface area contributed by atoms with Crippen LogP contribution in [0.15, 0.2) is 88.7 Å². The first-order valence-corrected chi connectivity index (χ1v) is 10.5. The van der Waals surface area contributed by atoms with E-state index in [9.17, 15) is 9.59 Å². The van der Waals surface area contributed by atoms with E-state index in [1.807, 2.05) is 30.3 Å². The van der Waals surface area contributed by atoms with E-state index < -0.39 is 6.03 Å². The summed E-state index contributed by atoms with van der Waals surface area (Å²) in [6.07, 6.45) is 1.69. The van der Waals surface area contributed by atoms with Gasteiger partial charge in [0.25, 0.3) is 5.56 Å². The summed E-state index contributed by atoms with van der Waals surface area (Å²) in [5, 5.41) is 6.05. The highest BCUT2D eigenvalue weighted by Crippen LogP contribution is 2.29. The molecular formula is C22H17ClN4O2S. The van der Waals surface area contributed by atoms with Crippen molar-refractivity contribution in [2.45, 2.75) is 10.6 Å². The summed E-state index contributed by atoms with van der Waals surface area (Å²) in [7, 11) is 0. The molecule has 0 aliphatic carbocycles. The summed E-state index contributed by atoms with van der Waals surface area (Å²) in [4.78, 5) is 30.1. The van der Waals surface area contributed by atoms with Crippen molar-refractivity contribution in [3.05, 3.63) is 100 Å². The lowest BCUT2D eigenvalue weighted by Gasteiger charge is -2.12. The molecule has 0 atom stereocenters. The third-order valence-corrected chi connectivity index (χ3v) is 5.69. The van der Waals surface area contributed by atoms with E-state index in [4.69, 9.17) is 11.6 Å². The van der Waals surface area contributed by atoms with Crippen LogP contribution in [0.1, 0.15) is 5.69 Å². The molecule has 0 aliphatic rings. The number of nitrogens with one attached hydrogen (secondary N) is 2. The van der Waals surface area contributed by atoms with Crippen LogP contribution in [0.4, 0.5) is 16.2 Å². The monoisotopic (exact) mass is 436 g/mol. The maximum Gasteiger partial charge on any atom is 0.323 e.